The number of hydrogen-bond donors (Lipinski definition) is 1. The third kappa shape index (κ3) is 3.24. The molecule has 0 aliphatic carbocycles. The molecular weight excluding hydrogens is 196 g/mol. The van der Waals surface area contributed by atoms with Crippen LogP contribution in [0, 0.1) is 0 Å². The van der Waals surface area contributed by atoms with Crippen molar-refractivity contribution in [1.29, 1.82) is 0 Å². The zero-order valence-corrected chi connectivity index (χ0v) is 11.0. The molecule has 0 fully saturated rings. The minimum Gasteiger partial charge on any atom is -0.372 e. The molecule has 2 heteroatoms. The first-order valence-electron chi connectivity index (χ1n) is 6.31. The van der Waals surface area contributed by atoms with Crippen LogP contribution in [-0.4, -0.2) is 19.6 Å². The van der Waals surface area contributed by atoms with Crippen LogP contribution in [-0.2, 0) is 0 Å². The molecule has 0 saturated heterocycles. The van der Waals surface area contributed by atoms with Gasteiger partial charge >= 0.3 is 0 Å². The molecule has 0 saturated carbocycles. The lowest BCUT2D eigenvalue weighted by molar-refractivity contribution is 0.598. The van der Waals surface area contributed by atoms with Gasteiger partial charge in [-0.15, -0.1) is 0 Å². The smallest absolute Gasteiger partial charge is 0.0369 e. The minimum absolute atomic E-state index is 0.431. The fourth-order valence-electron chi connectivity index (χ4n) is 2.00. The molecule has 0 spiro atoms. The average molecular weight is 220 g/mol. The lowest BCUT2D eigenvalue weighted by Gasteiger charge is -2.23. The third-order valence-electron chi connectivity index (χ3n) is 3.01. The van der Waals surface area contributed by atoms with Gasteiger partial charge in [-0.05, 0) is 45.0 Å². The molecule has 1 aromatic rings. The van der Waals surface area contributed by atoms with Crippen molar-refractivity contribution in [3.05, 3.63) is 29.8 Å². The molecule has 0 radical (unpaired) electrons. The molecule has 1 N–H and O–H groups in total. The second-order valence-corrected chi connectivity index (χ2v) is 4.05. The highest BCUT2D eigenvalue weighted by Crippen LogP contribution is 2.20. The van der Waals surface area contributed by atoms with Gasteiger partial charge in [0, 0.05) is 24.8 Å². The van der Waals surface area contributed by atoms with Crippen LogP contribution in [0.15, 0.2) is 24.3 Å². The Morgan fingerprint density at radius 3 is 2.44 bits per heavy atom. The number of nitrogens with one attached hydrogen (secondary N) is 1. The van der Waals surface area contributed by atoms with E-state index < -0.39 is 0 Å². The number of anilines is 1. The predicted molar refractivity (Wildman–Crippen MR) is 72.1 cm³/mol. The average Bonchev–Trinajstić information content (AvgIpc) is 2.31. The first-order chi connectivity index (χ1) is 7.72. The van der Waals surface area contributed by atoms with Crippen molar-refractivity contribution >= 4 is 5.69 Å². The first kappa shape index (κ1) is 13.0. The number of rotatable bonds is 6. The minimum atomic E-state index is 0.431. The van der Waals surface area contributed by atoms with Crippen molar-refractivity contribution in [2.75, 3.05) is 24.5 Å². The number of nitrogens with zero attached hydrogens (tertiary/aromatic N) is 1. The van der Waals surface area contributed by atoms with Crippen LogP contribution < -0.4 is 10.2 Å². The Hall–Kier alpha value is -1.02. The maximum Gasteiger partial charge on any atom is 0.0369 e. The van der Waals surface area contributed by atoms with Crippen LogP contribution in [0.5, 0.6) is 0 Å². The molecule has 90 valence electrons. The molecule has 0 aliphatic heterocycles. The summed E-state index contributed by atoms with van der Waals surface area (Å²) in [5, 5.41) is 3.45. The van der Waals surface area contributed by atoms with Gasteiger partial charge in [-0.1, -0.05) is 19.1 Å². The summed E-state index contributed by atoms with van der Waals surface area (Å²) in [5.41, 5.74) is 2.69. The highest BCUT2D eigenvalue weighted by molar-refractivity contribution is 5.49. The Kier molecular flexibility index (Phi) is 5.33. The van der Waals surface area contributed by atoms with E-state index in [4.69, 9.17) is 0 Å². The van der Waals surface area contributed by atoms with E-state index in [0.717, 1.165) is 19.6 Å². The van der Waals surface area contributed by atoms with Crippen LogP contribution >= 0.6 is 0 Å². The van der Waals surface area contributed by atoms with E-state index in [0.29, 0.717) is 6.04 Å². The molecule has 0 aromatic heterocycles. The van der Waals surface area contributed by atoms with E-state index in [1.54, 1.807) is 0 Å². The molecule has 0 amide bonds. The summed E-state index contributed by atoms with van der Waals surface area (Å²) in [5.74, 6) is 0. The number of benzene rings is 1. The van der Waals surface area contributed by atoms with E-state index in [2.05, 4.69) is 62.2 Å². The number of hydrogen-bond acceptors (Lipinski definition) is 2. The van der Waals surface area contributed by atoms with Crippen LogP contribution in [0.4, 0.5) is 5.69 Å². The molecule has 0 aliphatic rings. The Bertz CT molecular complexity index is 305. The molecular formula is C14H24N2. The summed E-state index contributed by atoms with van der Waals surface area (Å²) < 4.78 is 0. The van der Waals surface area contributed by atoms with Crippen molar-refractivity contribution in [3.63, 3.8) is 0 Å². The Morgan fingerprint density at radius 1 is 1.19 bits per heavy atom. The Labute approximate surface area is 99.7 Å². The van der Waals surface area contributed by atoms with Gasteiger partial charge in [0.2, 0.25) is 0 Å². The molecule has 1 rings (SSSR count). The zero-order valence-electron chi connectivity index (χ0n) is 11.0. The van der Waals surface area contributed by atoms with Gasteiger partial charge in [0.15, 0.2) is 0 Å². The predicted octanol–water partition coefficient (Wildman–Crippen LogP) is 3.20. The largest absolute Gasteiger partial charge is 0.372 e. The molecule has 16 heavy (non-hydrogen) atoms. The summed E-state index contributed by atoms with van der Waals surface area (Å²) in [4.78, 5) is 2.38. The van der Waals surface area contributed by atoms with E-state index in [1.807, 2.05) is 0 Å². The SMILES string of the molecule is CCNC(C)c1cccc(N(CC)CC)c1. The summed E-state index contributed by atoms with van der Waals surface area (Å²) in [6, 6.07) is 9.26. The van der Waals surface area contributed by atoms with Crippen LogP contribution in [0.2, 0.25) is 0 Å². The quantitative estimate of drug-likeness (QED) is 0.792. The Balaban J connectivity index is 2.85. The van der Waals surface area contributed by atoms with Crippen LogP contribution in [0.1, 0.15) is 39.3 Å². The monoisotopic (exact) mass is 220 g/mol. The van der Waals surface area contributed by atoms with E-state index >= 15 is 0 Å². The van der Waals surface area contributed by atoms with Gasteiger partial charge in [-0.3, -0.25) is 0 Å². The van der Waals surface area contributed by atoms with Gasteiger partial charge in [0.05, 0.1) is 0 Å². The highest BCUT2D eigenvalue weighted by Gasteiger charge is 2.06. The molecule has 1 unspecified atom stereocenters. The molecule has 2 nitrogen and oxygen atoms in total. The fraction of sp³-hybridized carbons (Fsp3) is 0.571. The van der Waals surface area contributed by atoms with E-state index in [1.165, 1.54) is 11.3 Å². The van der Waals surface area contributed by atoms with Crippen molar-refractivity contribution in [1.82, 2.24) is 5.32 Å². The van der Waals surface area contributed by atoms with Gasteiger partial charge in [-0.25, -0.2) is 0 Å². The molecule has 0 bridgehead atoms. The third-order valence-corrected chi connectivity index (χ3v) is 3.01. The Morgan fingerprint density at radius 2 is 1.88 bits per heavy atom. The summed E-state index contributed by atoms with van der Waals surface area (Å²) in [7, 11) is 0. The van der Waals surface area contributed by atoms with E-state index in [-0.39, 0.29) is 0 Å². The maximum atomic E-state index is 3.45. The molecule has 0 heterocycles. The fourth-order valence-corrected chi connectivity index (χ4v) is 2.00. The topological polar surface area (TPSA) is 15.3 Å². The summed E-state index contributed by atoms with van der Waals surface area (Å²) >= 11 is 0. The lowest BCUT2D eigenvalue weighted by Crippen LogP contribution is -2.23. The van der Waals surface area contributed by atoms with Gasteiger partial charge in [-0.2, -0.15) is 0 Å². The van der Waals surface area contributed by atoms with Crippen molar-refractivity contribution in [3.8, 4) is 0 Å². The lowest BCUT2D eigenvalue weighted by atomic mass is 10.1. The maximum absolute atomic E-state index is 3.45. The van der Waals surface area contributed by atoms with Crippen molar-refractivity contribution in [2.45, 2.75) is 33.7 Å². The van der Waals surface area contributed by atoms with Crippen molar-refractivity contribution < 1.29 is 0 Å². The first-order valence-corrected chi connectivity index (χ1v) is 6.31. The van der Waals surface area contributed by atoms with Gasteiger partial charge in [0.25, 0.3) is 0 Å². The van der Waals surface area contributed by atoms with Crippen LogP contribution in [0.3, 0.4) is 0 Å². The van der Waals surface area contributed by atoms with Crippen molar-refractivity contribution in [2.24, 2.45) is 0 Å². The summed E-state index contributed by atoms with van der Waals surface area (Å²) in [6.07, 6.45) is 0. The van der Waals surface area contributed by atoms with Gasteiger partial charge < -0.3 is 10.2 Å². The normalized spacial score (nSPS) is 12.5. The highest BCUT2D eigenvalue weighted by atomic mass is 15.1. The second-order valence-electron chi connectivity index (χ2n) is 4.05. The second kappa shape index (κ2) is 6.54. The van der Waals surface area contributed by atoms with Gasteiger partial charge in [0.1, 0.15) is 0 Å². The summed E-state index contributed by atoms with van der Waals surface area (Å²) in [6.45, 7) is 11.9. The zero-order chi connectivity index (χ0) is 12.0. The standard InChI is InChI=1S/C14H24N2/c1-5-15-12(4)13-9-8-10-14(11-13)16(6-2)7-3/h8-12,15H,5-7H2,1-4H3. The van der Waals surface area contributed by atoms with Crippen LogP contribution in [0.25, 0.3) is 0 Å². The van der Waals surface area contributed by atoms with E-state index in [9.17, 15) is 0 Å². The molecule has 1 atom stereocenters. The molecule has 1 aromatic carbocycles.